The minimum Gasteiger partial charge on any atom is -0.463 e. The van der Waals surface area contributed by atoms with Crippen molar-refractivity contribution in [1.29, 1.82) is 0 Å². The summed E-state index contributed by atoms with van der Waals surface area (Å²) >= 11 is 0. The Hall–Kier alpha value is -1.71. The van der Waals surface area contributed by atoms with E-state index in [4.69, 9.17) is 28.4 Å². The number of carbonyl (C=O) groups is 3. The molecule has 0 N–H and O–H groups in total. The maximum absolute atomic E-state index is 11.4. The first-order valence-electron chi connectivity index (χ1n) is 7.58. The Kier molecular flexibility index (Phi) is 5.46. The fourth-order valence-corrected chi connectivity index (χ4v) is 2.75. The van der Waals surface area contributed by atoms with Crippen LogP contribution in [0.4, 0.5) is 0 Å². The van der Waals surface area contributed by atoms with Crippen molar-refractivity contribution in [2.75, 3.05) is 6.61 Å². The fourth-order valence-electron chi connectivity index (χ4n) is 2.75. The maximum Gasteiger partial charge on any atom is 0.305 e. The molecule has 0 aliphatic carbocycles. The van der Waals surface area contributed by atoms with E-state index < -0.39 is 54.4 Å². The lowest BCUT2D eigenvalue weighted by molar-refractivity contribution is -0.275. The van der Waals surface area contributed by atoms with Crippen LogP contribution < -0.4 is 0 Å². The number of rotatable bonds is 4. The van der Waals surface area contributed by atoms with E-state index >= 15 is 0 Å². The number of fused-ring (bicyclic) bond motifs is 1. The van der Waals surface area contributed by atoms with E-state index in [1.54, 1.807) is 13.8 Å². The van der Waals surface area contributed by atoms with Crippen molar-refractivity contribution >= 4 is 17.9 Å². The first-order chi connectivity index (χ1) is 11.1. The van der Waals surface area contributed by atoms with E-state index in [1.807, 2.05) is 0 Å². The van der Waals surface area contributed by atoms with Gasteiger partial charge in [-0.1, -0.05) is 0 Å². The highest BCUT2D eigenvalue weighted by Gasteiger charge is 2.58. The van der Waals surface area contributed by atoms with Gasteiger partial charge in [-0.3, -0.25) is 14.4 Å². The van der Waals surface area contributed by atoms with Crippen LogP contribution in [0.3, 0.4) is 0 Å². The monoisotopic (exact) mass is 346 g/mol. The van der Waals surface area contributed by atoms with Gasteiger partial charge in [0.25, 0.3) is 0 Å². The Morgan fingerprint density at radius 1 is 0.917 bits per heavy atom. The fraction of sp³-hybridized carbons (Fsp3) is 0.800. The second-order valence-corrected chi connectivity index (χ2v) is 6.09. The van der Waals surface area contributed by atoms with Gasteiger partial charge >= 0.3 is 17.9 Å². The van der Waals surface area contributed by atoms with Crippen LogP contribution in [-0.4, -0.2) is 61.0 Å². The SMILES string of the molecule is CC(=O)OCC1OC(OC(C)=O)C2OC(C)(C)OC2C1OC(C)=O. The topological polar surface area (TPSA) is 107 Å². The summed E-state index contributed by atoms with van der Waals surface area (Å²) in [6, 6.07) is 0. The van der Waals surface area contributed by atoms with Crippen LogP contribution in [0.25, 0.3) is 0 Å². The highest BCUT2D eigenvalue weighted by molar-refractivity contribution is 5.67. The normalized spacial score (nSPS) is 34.1. The Balaban J connectivity index is 2.26. The van der Waals surface area contributed by atoms with Crippen molar-refractivity contribution in [2.45, 2.75) is 71.1 Å². The average molecular weight is 346 g/mol. The predicted molar refractivity (Wildman–Crippen MR) is 76.4 cm³/mol. The number of hydrogen-bond acceptors (Lipinski definition) is 9. The summed E-state index contributed by atoms with van der Waals surface area (Å²) in [5.41, 5.74) is 0. The van der Waals surface area contributed by atoms with Gasteiger partial charge in [0.2, 0.25) is 6.29 Å². The number of carbonyl (C=O) groups excluding carboxylic acids is 3. The van der Waals surface area contributed by atoms with E-state index in [-0.39, 0.29) is 6.61 Å². The van der Waals surface area contributed by atoms with Crippen molar-refractivity contribution in [3.8, 4) is 0 Å². The summed E-state index contributed by atoms with van der Waals surface area (Å²) in [6.45, 7) is 6.91. The third-order valence-corrected chi connectivity index (χ3v) is 3.47. The van der Waals surface area contributed by atoms with E-state index in [9.17, 15) is 14.4 Å². The second kappa shape index (κ2) is 7.04. The molecule has 0 saturated carbocycles. The molecule has 24 heavy (non-hydrogen) atoms. The smallest absolute Gasteiger partial charge is 0.305 e. The number of hydrogen-bond donors (Lipinski definition) is 0. The standard InChI is InChI=1S/C15H22O9/c1-7(16)19-6-10-11(20-8(2)17)12-13(24-15(4,5)23-12)14(22-10)21-9(3)18/h10-14H,6H2,1-5H3. The summed E-state index contributed by atoms with van der Waals surface area (Å²) in [4.78, 5) is 33.8. The van der Waals surface area contributed by atoms with Crippen LogP contribution in [0.15, 0.2) is 0 Å². The summed E-state index contributed by atoms with van der Waals surface area (Å²) in [6.07, 6.45) is -4.31. The van der Waals surface area contributed by atoms with Crippen LogP contribution >= 0.6 is 0 Å². The highest BCUT2D eigenvalue weighted by atomic mass is 16.8. The van der Waals surface area contributed by atoms with Crippen LogP contribution in [0.2, 0.25) is 0 Å². The molecule has 5 atom stereocenters. The molecule has 0 bridgehead atoms. The molecule has 2 aliphatic rings. The van der Waals surface area contributed by atoms with Crippen molar-refractivity contribution in [2.24, 2.45) is 0 Å². The van der Waals surface area contributed by atoms with Crippen molar-refractivity contribution in [3.63, 3.8) is 0 Å². The van der Waals surface area contributed by atoms with Crippen molar-refractivity contribution < 1.29 is 42.8 Å². The molecule has 136 valence electrons. The van der Waals surface area contributed by atoms with Crippen LogP contribution in [0, 0.1) is 0 Å². The van der Waals surface area contributed by atoms with E-state index in [2.05, 4.69) is 0 Å². The zero-order chi connectivity index (χ0) is 18.1. The van der Waals surface area contributed by atoms with Gasteiger partial charge in [-0.2, -0.15) is 0 Å². The van der Waals surface area contributed by atoms with Gasteiger partial charge < -0.3 is 28.4 Å². The lowest BCUT2D eigenvalue weighted by Crippen LogP contribution is -2.59. The third-order valence-electron chi connectivity index (χ3n) is 3.47. The number of esters is 3. The molecule has 0 amide bonds. The molecule has 9 heteroatoms. The molecule has 2 saturated heterocycles. The largest absolute Gasteiger partial charge is 0.463 e. The van der Waals surface area contributed by atoms with Gasteiger partial charge in [-0.05, 0) is 13.8 Å². The van der Waals surface area contributed by atoms with Gasteiger partial charge in [0.15, 0.2) is 18.0 Å². The molecule has 2 fully saturated rings. The highest BCUT2D eigenvalue weighted by Crippen LogP contribution is 2.39. The average Bonchev–Trinajstić information content (AvgIpc) is 2.74. The van der Waals surface area contributed by atoms with Crippen LogP contribution in [-0.2, 0) is 42.8 Å². The first kappa shape index (κ1) is 18.6. The van der Waals surface area contributed by atoms with Gasteiger partial charge in [0.1, 0.15) is 18.8 Å². The Bertz CT molecular complexity index is 515. The summed E-state index contributed by atoms with van der Waals surface area (Å²) in [5, 5.41) is 0. The summed E-state index contributed by atoms with van der Waals surface area (Å²) < 4.78 is 32.6. The lowest BCUT2D eigenvalue weighted by atomic mass is 9.99. The van der Waals surface area contributed by atoms with E-state index in [0.29, 0.717) is 0 Å². The van der Waals surface area contributed by atoms with Gasteiger partial charge in [0, 0.05) is 20.8 Å². The molecular formula is C15H22O9. The van der Waals surface area contributed by atoms with Gasteiger partial charge in [-0.25, -0.2) is 0 Å². The first-order valence-corrected chi connectivity index (χ1v) is 7.58. The number of ether oxygens (including phenoxy) is 6. The third kappa shape index (κ3) is 4.43. The quantitative estimate of drug-likeness (QED) is 0.524. The molecule has 0 aromatic rings. The van der Waals surface area contributed by atoms with Crippen LogP contribution in [0.5, 0.6) is 0 Å². The molecule has 2 heterocycles. The Labute approximate surface area is 139 Å². The summed E-state index contributed by atoms with van der Waals surface area (Å²) in [7, 11) is 0. The predicted octanol–water partition coefficient (Wildman–Crippen LogP) is 0.289. The molecule has 2 aliphatic heterocycles. The molecule has 9 nitrogen and oxygen atoms in total. The lowest BCUT2D eigenvalue weighted by Gasteiger charge is -2.40. The zero-order valence-corrected chi connectivity index (χ0v) is 14.3. The second-order valence-electron chi connectivity index (χ2n) is 6.09. The van der Waals surface area contributed by atoms with Gasteiger partial charge in [-0.15, -0.1) is 0 Å². The minimum absolute atomic E-state index is 0.182. The molecule has 0 aromatic carbocycles. The van der Waals surface area contributed by atoms with Crippen LogP contribution in [0.1, 0.15) is 34.6 Å². The van der Waals surface area contributed by atoms with Crippen molar-refractivity contribution in [3.05, 3.63) is 0 Å². The summed E-state index contributed by atoms with van der Waals surface area (Å²) in [5.74, 6) is -2.61. The molecular weight excluding hydrogens is 324 g/mol. The Morgan fingerprint density at radius 2 is 1.50 bits per heavy atom. The molecule has 2 rings (SSSR count). The maximum atomic E-state index is 11.4. The Morgan fingerprint density at radius 3 is 2.04 bits per heavy atom. The molecule has 0 aromatic heterocycles. The molecule has 5 unspecified atom stereocenters. The van der Waals surface area contributed by atoms with Crippen molar-refractivity contribution in [1.82, 2.24) is 0 Å². The molecule has 0 spiro atoms. The zero-order valence-electron chi connectivity index (χ0n) is 14.3. The van der Waals surface area contributed by atoms with Gasteiger partial charge in [0.05, 0.1) is 0 Å². The molecule has 0 radical (unpaired) electrons. The van der Waals surface area contributed by atoms with E-state index in [0.717, 1.165) is 0 Å². The van der Waals surface area contributed by atoms with E-state index in [1.165, 1.54) is 20.8 Å². The minimum atomic E-state index is -1.07.